The van der Waals surface area contributed by atoms with Crippen LogP contribution < -0.4 is 20.1 Å². The number of piperidine rings is 1. The monoisotopic (exact) mass is 590 g/mol. The summed E-state index contributed by atoms with van der Waals surface area (Å²) in [6.45, 7) is 4.24. The van der Waals surface area contributed by atoms with Gasteiger partial charge in [-0.15, -0.1) is 0 Å². The summed E-state index contributed by atoms with van der Waals surface area (Å²) in [5, 5.41) is 17.2. The zero-order valence-electron chi connectivity index (χ0n) is 24.3. The first-order chi connectivity index (χ1) is 21.0. The average molecular weight is 591 g/mol. The van der Waals surface area contributed by atoms with Gasteiger partial charge < -0.3 is 39.3 Å². The molecule has 4 atom stereocenters. The number of aliphatic hydroxyl groups is 1. The average Bonchev–Trinajstić information content (AvgIpc) is 3.55. The molecular formula is C32H38N4O7. The van der Waals surface area contributed by atoms with Crippen LogP contribution in [0.5, 0.6) is 11.5 Å². The van der Waals surface area contributed by atoms with Crippen LogP contribution in [-0.2, 0) is 24.3 Å². The number of hydrogen-bond donors (Lipinski definition) is 3. The molecule has 3 aliphatic rings. The number of benzene rings is 2. The minimum atomic E-state index is -0.809. The number of aromatic nitrogens is 1. The Bertz CT molecular complexity index is 1410. The van der Waals surface area contributed by atoms with E-state index in [9.17, 15) is 14.7 Å². The third-order valence-corrected chi connectivity index (χ3v) is 8.46. The molecule has 3 aliphatic heterocycles. The Morgan fingerprint density at radius 2 is 1.98 bits per heavy atom. The molecule has 6 rings (SSSR count). The quantitative estimate of drug-likeness (QED) is 0.326. The van der Waals surface area contributed by atoms with Gasteiger partial charge in [-0.1, -0.05) is 6.07 Å². The Morgan fingerprint density at radius 3 is 2.74 bits per heavy atom. The number of fused-ring (bicyclic) bond motifs is 3. The summed E-state index contributed by atoms with van der Waals surface area (Å²) >= 11 is 0. The van der Waals surface area contributed by atoms with Crippen LogP contribution >= 0.6 is 0 Å². The normalized spacial score (nSPS) is 21.9. The van der Waals surface area contributed by atoms with Gasteiger partial charge in [-0.2, -0.15) is 0 Å². The lowest BCUT2D eigenvalue weighted by molar-refractivity contribution is -0.0566. The van der Waals surface area contributed by atoms with Crippen LogP contribution in [0.4, 0.5) is 0 Å². The van der Waals surface area contributed by atoms with E-state index in [1.165, 1.54) is 6.39 Å². The molecule has 2 saturated heterocycles. The highest BCUT2D eigenvalue weighted by atomic mass is 16.5. The summed E-state index contributed by atoms with van der Waals surface area (Å²) in [6, 6.07) is 10.8. The molecule has 4 heterocycles. The second-order valence-electron chi connectivity index (χ2n) is 11.3. The van der Waals surface area contributed by atoms with Crippen LogP contribution in [-0.4, -0.2) is 77.4 Å². The molecule has 2 bridgehead atoms. The van der Waals surface area contributed by atoms with Crippen LogP contribution in [0.3, 0.4) is 0 Å². The first-order valence-corrected chi connectivity index (χ1v) is 15.0. The van der Waals surface area contributed by atoms with Crippen LogP contribution in [0.2, 0.25) is 0 Å². The predicted octanol–water partition coefficient (Wildman–Crippen LogP) is 2.85. The van der Waals surface area contributed by atoms with Crippen molar-refractivity contribution >= 4 is 11.8 Å². The molecule has 3 N–H and O–H groups in total. The Balaban J connectivity index is 1.05. The maximum Gasteiger partial charge on any atom is 0.255 e. The minimum Gasteiger partial charge on any atom is -0.493 e. The predicted molar refractivity (Wildman–Crippen MR) is 156 cm³/mol. The van der Waals surface area contributed by atoms with Gasteiger partial charge in [-0.05, 0) is 74.1 Å². The molecule has 0 radical (unpaired) electrons. The van der Waals surface area contributed by atoms with E-state index >= 15 is 0 Å². The van der Waals surface area contributed by atoms with Gasteiger partial charge in [0.2, 0.25) is 0 Å². The van der Waals surface area contributed by atoms with Crippen LogP contribution in [0.15, 0.2) is 53.4 Å². The molecule has 43 heavy (non-hydrogen) atoms. The van der Waals surface area contributed by atoms with Gasteiger partial charge in [0.25, 0.3) is 11.8 Å². The van der Waals surface area contributed by atoms with E-state index in [1.807, 2.05) is 30.0 Å². The standard InChI is InChI=1S/C32H38N4O7/c1-2-41-30-12-21(32(39)36-23-4-3-5-24(36)17-40-16-23)7-9-27(30)31(38)35-15-29(37)28-11-20-6-8-25(10-22(20)13-34-28)42-18-26-14-33-19-43-26/h6-10,12,14,19,23-24,28-29,34,37H,2-5,11,13,15-18H2,1H3,(H,35,38)/t23?,24?,28-,29+/m0/s1. The molecule has 3 aromatic rings. The zero-order valence-corrected chi connectivity index (χ0v) is 24.3. The largest absolute Gasteiger partial charge is 0.493 e. The smallest absolute Gasteiger partial charge is 0.255 e. The number of aliphatic hydroxyl groups excluding tert-OH is 1. The Labute approximate surface area is 250 Å². The van der Waals surface area contributed by atoms with Crippen molar-refractivity contribution in [2.45, 2.75) is 70.0 Å². The minimum absolute atomic E-state index is 0.0569. The molecule has 0 spiro atoms. The summed E-state index contributed by atoms with van der Waals surface area (Å²) in [5.41, 5.74) is 3.03. The van der Waals surface area contributed by atoms with Crippen molar-refractivity contribution in [3.05, 3.63) is 77.0 Å². The number of nitrogens with zero attached hydrogens (tertiary/aromatic N) is 2. The molecule has 11 nitrogen and oxygen atoms in total. The molecular weight excluding hydrogens is 552 g/mol. The van der Waals surface area contributed by atoms with E-state index in [2.05, 4.69) is 15.6 Å². The lowest BCUT2D eigenvalue weighted by Gasteiger charge is -2.45. The number of amides is 2. The van der Waals surface area contributed by atoms with Gasteiger partial charge in [0, 0.05) is 24.7 Å². The van der Waals surface area contributed by atoms with Crippen LogP contribution in [0, 0.1) is 0 Å². The molecule has 11 heteroatoms. The van der Waals surface area contributed by atoms with E-state index in [0.717, 1.165) is 36.1 Å². The lowest BCUT2D eigenvalue weighted by atomic mass is 9.92. The third-order valence-electron chi connectivity index (χ3n) is 8.46. The van der Waals surface area contributed by atoms with Crippen molar-refractivity contribution in [3.63, 3.8) is 0 Å². The SMILES string of the molecule is CCOc1cc(C(=O)N2C3CCCC2COC3)ccc1C(=O)NC[C@@H](O)[C@@H]1Cc2ccc(OCc3cnco3)cc2CN1. The lowest BCUT2D eigenvalue weighted by Crippen LogP contribution is -2.57. The number of oxazole rings is 1. The number of nitrogens with one attached hydrogen (secondary N) is 2. The van der Waals surface area contributed by atoms with E-state index in [0.29, 0.717) is 62.0 Å². The van der Waals surface area contributed by atoms with E-state index in [-0.39, 0.29) is 36.5 Å². The highest BCUT2D eigenvalue weighted by Crippen LogP contribution is 2.31. The maximum atomic E-state index is 13.5. The highest BCUT2D eigenvalue weighted by Gasteiger charge is 2.38. The van der Waals surface area contributed by atoms with E-state index < -0.39 is 6.10 Å². The van der Waals surface area contributed by atoms with Crippen molar-refractivity contribution < 1.29 is 33.3 Å². The number of rotatable bonds is 10. The Kier molecular flexibility index (Phi) is 8.92. The van der Waals surface area contributed by atoms with Crippen molar-refractivity contribution in [3.8, 4) is 11.5 Å². The fourth-order valence-electron chi connectivity index (χ4n) is 6.21. The van der Waals surface area contributed by atoms with Crippen molar-refractivity contribution in [2.75, 3.05) is 26.4 Å². The Hall–Kier alpha value is -3.93. The molecule has 2 amide bonds. The van der Waals surface area contributed by atoms with Gasteiger partial charge in [-0.3, -0.25) is 9.59 Å². The summed E-state index contributed by atoms with van der Waals surface area (Å²) in [5.74, 6) is 1.31. The Morgan fingerprint density at radius 1 is 1.14 bits per heavy atom. The van der Waals surface area contributed by atoms with Crippen molar-refractivity contribution in [1.29, 1.82) is 0 Å². The molecule has 228 valence electrons. The summed E-state index contributed by atoms with van der Waals surface area (Å²) in [4.78, 5) is 32.5. The number of carbonyl (C=O) groups excluding carboxylic acids is 2. The van der Waals surface area contributed by atoms with Crippen molar-refractivity contribution in [1.82, 2.24) is 20.5 Å². The molecule has 0 aliphatic carbocycles. The van der Waals surface area contributed by atoms with Gasteiger partial charge >= 0.3 is 0 Å². The first-order valence-electron chi connectivity index (χ1n) is 15.0. The number of morpholine rings is 1. The van der Waals surface area contributed by atoms with E-state index in [1.54, 1.807) is 24.4 Å². The summed E-state index contributed by atoms with van der Waals surface area (Å²) < 4.78 is 22.5. The first kappa shape index (κ1) is 29.2. The second-order valence-corrected chi connectivity index (χ2v) is 11.3. The highest BCUT2D eigenvalue weighted by molar-refractivity contribution is 6.00. The number of carbonyl (C=O) groups is 2. The fourth-order valence-corrected chi connectivity index (χ4v) is 6.21. The molecule has 2 aromatic carbocycles. The molecule has 2 unspecified atom stereocenters. The van der Waals surface area contributed by atoms with Crippen LogP contribution in [0.1, 0.15) is 63.8 Å². The second kappa shape index (κ2) is 13.2. The number of hydrogen-bond acceptors (Lipinski definition) is 9. The van der Waals surface area contributed by atoms with Gasteiger partial charge in [0.05, 0.1) is 49.8 Å². The zero-order chi connectivity index (χ0) is 29.8. The summed E-state index contributed by atoms with van der Waals surface area (Å²) in [7, 11) is 0. The fraction of sp³-hybridized carbons (Fsp3) is 0.469. The topological polar surface area (TPSA) is 135 Å². The number of ether oxygens (including phenoxy) is 3. The molecule has 1 aromatic heterocycles. The third kappa shape index (κ3) is 6.53. The maximum absolute atomic E-state index is 13.5. The van der Waals surface area contributed by atoms with Crippen LogP contribution in [0.25, 0.3) is 0 Å². The van der Waals surface area contributed by atoms with Gasteiger partial charge in [0.15, 0.2) is 12.2 Å². The van der Waals surface area contributed by atoms with Gasteiger partial charge in [-0.25, -0.2) is 4.98 Å². The van der Waals surface area contributed by atoms with E-state index in [4.69, 9.17) is 18.6 Å². The van der Waals surface area contributed by atoms with Gasteiger partial charge in [0.1, 0.15) is 18.1 Å². The summed E-state index contributed by atoms with van der Waals surface area (Å²) in [6.07, 6.45) is 5.76. The molecule has 0 saturated carbocycles. The molecule has 2 fully saturated rings. The van der Waals surface area contributed by atoms with Crippen molar-refractivity contribution in [2.24, 2.45) is 0 Å².